The number of anilines is 1. The Labute approximate surface area is 132 Å². The number of rotatable bonds is 5. The van der Waals surface area contributed by atoms with Crippen LogP contribution in [0.4, 0.5) is 5.13 Å². The minimum atomic E-state index is -3.67. The molecule has 0 aliphatic carbocycles. The Balaban J connectivity index is 2.14. The topological polar surface area (TPSA) is 95.7 Å². The molecule has 0 atom stereocenters. The van der Waals surface area contributed by atoms with Gasteiger partial charge in [0.15, 0.2) is 4.34 Å². The highest BCUT2D eigenvalue weighted by atomic mass is 79.9. The van der Waals surface area contributed by atoms with E-state index in [1.165, 1.54) is 23.9 Å². The van der Waals surface area contributed by atoms with E-state index in [1.54, 1.807) is 12.1 Å². The molecule has 1 N–H and O–H groups in total. The summed E-state index contributed by atoms with van der Waals surface area (Å²) in [5.41, 5.74) is 0. The highest BCUT2D eigenvalue weighted by molar-refractivity contribution is 9.10. The van der Waals surface area contributed by atoms with Gasteiger partial charge in [0, 0.05) is 4.47 Å². The number of aromatic nitrogens is 2. The van der Waals surface area contributed by atoms with Crippen LogP contribution in [0.2, 0.25) is 0 Å². The van der Waals surface area contributed by atoms with Crippen molar-refractivity contribution in [3.8, 4) is 6.07 Å². The monoisotopic (exact) mass is 390 g/mol. The molecule has 0 spiro atoms. The molecule has 1 heterocycles. The maximum absolute atomic E-state index is 12.1. The van der Waals surface area contributed by atoms with Crippen LogP contribution < -0.4 is 4.72 Å². The highest BCUT2D eigenvalue weighted by Gasteiger charge is 2.16. The Morgan fingerprint density at radius 2 is 2.05 bits per heavy atom. The van der Waals surface area contributed by atoms with Crippen molar-refractivity contribution in [1.29, 1.82) is 5.26 Å². The first-order valence-electron chi connectivity index (χ1n) is 5.13. The number of hydrogen-bond acceptors (Lipinski definition) is 7. The molecule has 0 radical (unpaired) electrons. The number of sulfonamides is 1. The third-order valence-electron chi connectivity index (χ3n) is 2.01. The summed E-state index contributed by atoms with van der Waals surface area (Å²) in [5, 5.41) is 16.2. The first-order valence-corrected chi connectivity index (χ1v) is 9.21. The van der Waals surface area contributed by atoms with Crippen molar-refractivity contribution in [1.82, 2.24) is 10.2 Å². The fourth-order valence-corrected chi connectivity index (χ4v) is 4.10. The molecule has 0 aliphatic rings. The first-order chi connectivity index (χ1) is 9.51. The lowest BCUT2D eigenvalue weighted by Crippen LogP contribution is -2.12. The van der Waals surface area contributed by atoms with Crippen LogP contribution >= 0.6 is 39.0 Å². The fraction of sp³-hybridized carbons (Fsp3) is 0.100. The minimum absolute atomic E-state index is 0.141. The van der Waals surface area contributed by atoms with Gasteiger partial charge in [0.1, 0.15) is 0 Å². The van der Waals surface area contributed by atoms with Crippen LogP contribution in [0.15, 0.2) is 38.0 Å². The van der Waals surface area contributed by atoms with Crippen LogP contribution in [0, 0.1) is 11.3 Å². The minimum Gasteiger partial charge on any atom is -0.253 e. The van der Waals surface area contributed by atoms with Crippen molar-refractivity contribution in [2.75, 3.05) is 10.5 Å². The second-order valence-electron chi connectivity index (χ2n) is 3.38. The zero-order chi connectivity index (χ0) is 14.6. The molecule has 0 saturated carbocycles. The number of hydrogen-bond donors (Lipinski definition) is 1. The van der Waals surface area contributed by atoms with Gasteiger partial charge >= 0.3 is 0 Å². The Hall–Kier alpha value is -1.15. The van der Waals surface area contributed by atoms with Crippen LogP contribution in [0.25, 0.3) is 0 Å². The van der Waals surface area contributed by atoms with Gasteiger partial charge in [-0.25, -0.2) is 8.42 Å². The molecule has 20 heavy (non-hydrogen) atoms. The molecule has 104 valence electrons. The molecule has 0 bridgehead atoms. The van der Waals surface area contributed by atoms with E-state index in [9.17, 15) is 8.42 Å². The molecule has 6 nitrogen and oxygen atoms in total. The van der Waals surface area contributed by atoms with E-state index < -0.39 is 10.0 Å². The second-order valence-corrected chi connectivity index (χ2v) is 8.18. The Bertz CT molecular complexity index is 737. The zero-order valence-corrected chi connectivity index (χ0v) is 13.8. The molecular weight excluding hydrogens is 384 g/mol. The molecule has 2 rings (SSSR count). The highest BCUT2D eigenvalue weighted by Crippen LogP contribution is 2.27. The summed E-state index contributed by atoms with van der Waals surface area (Å²) in [4.78, 5) is 0.141. The van der Waals surface area contributed by atoms with Gasteiger partial charge in [-0.15, -0.1) is 10.2 Å². The lowest BCUT2D eigenvalue weighted by molar-refractivity contribution is 0.601. The molecule has 1 aromatic heterocycles. The number of thioether (sulfide) groups is 1. The Morgan fingerprint density at radius 1 is 1.35 bits per heavy atom. The van der Waals surface area contributed by atoms with E-state index >= 15 is 0 Å². The van der Waals surface area contributed by atoms with E-state index in [2.05, 4.69) is 30.8 Å². The molecule has 1 aromatic carbocycles. The third kappa shape index (κ3) is 3.92. The summed E-state index contributed by atoms with van der Waals surface area (Å²) in [6.45, 7) is 0. The van der Waals surface area contributed by atoms with Gasteiger partial charge in [0.05, 0.1) is 16.7 Å². The van der Waals surface area contributed by atoms with Crippen LogP contribution in [-0.4, -0.2) is 24.4 Å². The first kappa shape index (κ1) is 15.2. The Kier molecular flexibility index (Phi) is 4.98. The second kappa shape index (κ2) is 6.53. The summed E-state index contributed by atoms with van der Waals surface area (Å²) >= 11 is 5.54. The molecular formula is C10H7BrN4O2S3. The summed E-state index contributed by atoms with van der Waals surface area (Å²) in [6.07, 6.45) is 0. The summed E-state index contributed by atoms with van der Waals surface area (Å²) in [6, 6.07) is 8.22. The lowest BCUT2D eigenvalue weighted by atomic mass is 10.4. The molecule has 0 fully saturated rings. The van der Waals surface area contributed by atoms with Crippen LogP contribution in [-0.2, 0) is 10.0 Å². The number of nitrogens with zero attached hydrogens (tertiary/aromatic N) is 3. The molecule has 0 unspecified atom stereocenters. The number of benzene rings is 1. The van der Waals surface area contributed by atoms with Gasteiger partial charge in [-0.3, -0.25) is 4.72 Å². The van der Waals surface area contributed by atoms with E-state index in [0.717, 1.165) is 15.8 Å². The van der Waals surface area contributed by atoms with Crippen molar-refractivity contribution < 1.29 is 8.42 Å². The van der Waals surface area contributed by atoms with Gasteiger partial charge in [-0.2, -0.15) is 5.26 Å². The third-order valence-corrected chi connectivity index (χ3v) is 5.86. The maximum Gasteiger partial charge on any atom is 0.263 e. The van der Waals surface area contributed by atoms with Crippen LogP contribution in [0.5, 0.6) is 0 Å². The smallest absolute Gasteiger partial charge is 0.253 e. The normalized spacial score (nSPS) is 11.0. The summed E-state index contributed by atoms with van der Waals surface area (Å²) < 4.78 is 27.9. The largest absolute Gasteiger partial charge is 0.263 e. The van der Waals surface area contributed by atoms with Crippen molar-refractivity contribution in [2.45, 2.75) is 9.24 Å². The quantitative estimate of drug-likeness (QED) is 0.788. The van der Waals surface area contributed by atoms with Gasteiger partial charge in [0.25, 0.3) is 10.0 Å². The standard InChI is InChI=1S/C10H7BrN4O2S3/c11-7-1-3-8(4-2-7)20(16,17)15-9-13-14-10(19-9)18-6-5-12/h1-4H,6H2,(H,13,15). The van der Waals surface area contributed by atoms with E-state index in [4.69, 9.17) is 5.26 Å². The molecule has 0 aliphatic heterocycles. The van der Waals surface area contributed by atoms with Crippen molar-refractivity contribution in [3.05, 3.63) is 28.7 Å². The average Bonchev–Trinajstić information content (AvgIpc) is 2.83. The van der Waals surface area contributed by atoms with Crippen molar-refractivity contribution in [2.24, 2.45) is 0 Å². The molecule has 2 aromatic rings. The van der Waals surface area contributed by atoms with E-state index in [1.807, 2.05) is 6.07 Å². The Morgan fingerprint density at radius 3 is 2.70 bits per heavy atom. The van der Waals surface area contributed by atoms with Gasteiger partial charge in [-0.1, -0.05) is 39.0 Å². The van der Waals surface area contributed by atoms with Crippen molar-refractivity contribution >= 4 is 54.2 Å². The summed E-state index contributed by atoms with van der Waals surface area (Å²) in [5.74, 6) is 0.244. The fourth-order valence-electron chi connectivity index (χ4n) is 1.19. The van der Waals surface area contributed by atoms with Gasteiger partial charge in [-0.05, 0) is 24.3 Å². The maximum atomic E-state index is 12.1. The van der Waals surface area contributed by atoms with Crippen LogP contribution in [0.1, 0.15) is 0 Å². The van der Waals surface area contributed by atoms with Crippen LogP contribution in [0.3, 0.4) is 0 Å². The van der Waals surface area contributed by atoms with E-state index in [-0.39, 0.29) is 15.8 Å². The predicted molar refractivity (Wildman–Crippen MR) is 81.2 cm³/mol. The molecule has 0 amide bonds. The molecule has 0 saturated heterocycles. The average molecular weight is 391 g/mol. The SMILES string of the molecule is N#CCSc1nnc(NS(=O)(=O)c2ccc(Br)cc2)s1. The number of nitriles is 1. The lowest BCUT2D eigenvalue weighted by Gasteiger charge is -2.04. The predicted octanol–water partition coefficient (Wildman–Crippen LogP) is 2.72. The molecule has 10 heteroatoms. The van der Waals surface area contributed by atoms with Gasteiger partial charge < -0.3 is 0 Å². The van der Waals surface area contributed by atoms with Crippen molar-refractivity contribution in [3.63, 3.8) is 0 Å². The number of halogens is 1. The van der Waals surface area contributed by atoms with Gasteiger partial charge in [0.2, 0.25) is 5.13 Å². The number of nitrogens with one attached hydrogen (secondary N) is 1. The summed E-state index contributed by atoms with van der Waals surface area (Å²) in [7, 11) is -3.67. The van der Waals surface area contributed by atoms with E-state index in [0.29, 0.717) is 4.34 Å². The zero-order valence-electron chi connectivity index (χ0n) is 9.78.